The molecule has 3 heterocycles. The Hall–Kier alpha value is -4.47. The molecule has 17 heteroatoms. The van der Waals surface area contributed by atoms with Crippen molar-refractivity contribution >= 4 is 74.5 Å². The second kappa shape index (κ2) is 14.6. The van der Waals surface area contributed by atoms with Gasteiger partial charge in [0.05, 0.1) is 33.8 Å². The molecular formula is C38H32BrCl2F3N4O7. The first kappa shape index (κ1) is 38.8. The lowest BCUT2D eigenvalue weighted by Gasteiger charge is -2.50. The number of carbonyl (C=O) groups is 5. The van der Waals surface area contributed by atoms with Gasteiger partial charge < -0.3 is 10.2 Å². The van der Waals surface area contributed by atoms with Crippen LogP contribution in [0, 0.1) is 23.7 Å². The molecule has 1 aromatic heterocycles. The Labute approximate surface area is 330 Å². The molecule has 4 amide bonds. The highest BCUT2D eigenvalue weighted by Crippen LogP contribution is 2.65. The SMILES string of the molecule is O=C(O)CCCCCN1C(=O)[C@H]2[C@H](CC=C3[C@H]2C[C@H]2C(=O)N(Nc4ncc(C(F)(F)F)cc4Cl)C(=O)[C@@]2(c2ccc(Cl)cc2)[C@H]3c2cc(Br)ccc2O)C1=O. The number of carbonyl (C=O) groups excluding carboxylic acids is 4. The van der Waals surface area contributed by atoms with Gasteiger partial charge in [-0.3, -0.25) is 34.3 Å². The van der Waals surface area contributed by atoms with Gasteiger partial charge in [-0.2, -0.15) is 18.2 Å². The molecule has 0 bridgehead atoms. The van der Waals surface area contributed by atoms with E-state index in [0.29, 0.717) is 57.2 Å². The number of nitrogens with one attached hydrogen (secondary N) is 1. The number of hydrazine groups is 1. The molecule has 6 atom stereocenters. The van der Waals surface area contributed by atoms with E-state index in [1.165, 1.54) is 11.0 Å². The maximum atomic E-state index is 15.2. The average molecular weight is 864 g/mol. The molecule has 1 saturated carbocycles. The second-order valence-electron chi connectivity index (χ2n) is 14.2. The highest BCUT2D eigenvalue weighted by atomic mass is 79.9. The number of aromatic hydroxyl groups is 1. The molecule has 55 heavy (non-hydrogen) atoms. The Bertz CT molecular complexity index is 2150. The minimum atomic E-state index is -4.77. The van der Waals surface area contributed by atoms with Crippen LogP contribution >= 0.6 is 39.1 Å². The molecule has 7 rings (SSSR count). The molecule has 0 radical (unpaired) electrons. The molecule has 3 aromatic rings. The average Bonchev–Trinajstić information content (AvgIpc) is 3.50. The van der Waals surface area contributed by atoms with E-state index in [2.05, 4.69) is 26.3 Å². The van der Waals surface area contributed by atoms with Crippen molar-refractivity contribution < 1.29 is 47.4 Å². The summed E-state index contributed by atoms with van der Waals surface area (Å²) in [5.74, 6) is -8.69. The number of pyridine rings is 1. The van der Waals surface area contributed by atoms with Crippen LogP contribution in [0.4, 0.5) is 19.0 Å². The summed E-state index contributed by atoms with van der Waals surface area (Å²) in [6.07, 6.45) is -1.15. The van der Waals surface area contributed by atoms with Crippen molar-refractivity contribution in [3.8, 4) is 5.75 Å². The lowest BCUT2D eigenvalue weighted by molar-refractivity contribution is -0.141. The van der Waals surface area contributed by atoms with Gasteiger partial charge in [0, 0.05) is 40.1 Å². The van der Waals surface area contributed by atoms with Crippen LogP contribution in [-0.2, 0) is 35.6 Å². The van der Waals surface area contributed by atoms with Crippen LogP contribution in [-0.4, -0.2) is 61.2 Å². The van der Waals surface area contributed by atoms with E-state index in [9.17, 15) is 37.5 Å². The Kier molecular flexibility index (Phi) is 10.3. The number of carboxylic acid groups (broad SMARTS) is 1. The van der Waals surface area contributed by atoms with E-state index in [-0.39, 0.29) is 43.0 Å². The molecule has 11 nitrogen and oxygen atoms in total. The smallest absolute Gasteiger partial charge is 0.417 e. The summed E-state index contributed by atoms with van der Waals surface area (Å²) in [4.78, 5) is 74.0. The number of halogens is 6. The molecule has 2 aliphatic heterocycles. The van der Waals surface area contributed by atoms with E-state index < -0.39 is 81.3 Å². The first-order chi connectivity index (χ1) is 26.0. The number of unbranched alkanes of at least 4 members (excludes halogenated alkanes) is 2. The van der Waals surface area contributed by atoms with Gasteiger partial charge in [0.15, 0.2) is 5.82 Å². The second-order valence-corrected chi connectivity index (χ2v) is 15.9. The van der Waals surface area contributed by atoms with Gasteiger partial charge in [-0.25, -0.2) is 4.98 Å². The molecule has 4 aliphatic rings. The number of aliphatic carboxylic acids is 1. The summed E-state index contributed by atoms with van der Waals surface area (Å²) in [5.41, 5.74) is 0.794. The van der Waals surface area contributed by atoms with Gasteiger partial charge in [-0.15, -0.1) is 0 Å². The van der Waals surface area contributed by atoms with Crippen LogP contribution in [0.15, 0.2) is 70.8 Å². The number of nitrogens with zero attached hydrogens (tertiary/aromatic N) is 3. The standard InChI is InChI=1S/C38H32BrCl2F3N4O7/c39-20-7-12-28(49)25(15-20)31-22-10-11-23-30(35(54)47(33(23)52)13-3-1-2-4-29(50)51)24(22)16-26-34(53)48(36(55)37(26,31)18-5-8-21(40)9-6-18)46-32-27(41)14-19(17-45-32)38(42,43)44/h5-10,12,14-15,17,23-24,26,30-31,49H,1-4,11,13,16H2,(H,45,46)(H,50,51)/t23-,24+,26-,30-,31+,37+/m0/s1. The van der Waals surface area contributed by atoms with Crippen molar-refractivity contribution in [2.45, 2.75) is 56.0 Å². The number of rotatable bonds is 10. The maximum Gasteiger partial charge on any atom is 0.417 e. The molecule has 0 unspecified atom stereocenters. The number of likely N-dealkylation sites (tertiary alicyclic amines) is 1. The van der Waals surface area contributed by atoms with Crippen molar-refractivity contribution in [3.63, 3.8) is 0 Å². The lowest BCUT2D eigenvalue weighted by atomic mass is 9.49. The van der Waals surface area contributed by atoms with E-state index in [1.54, 1.807) is 36.4 Å². The molecule has 0 spiro atoms. The van der Waals surface area contributed by atoms with Gasteiger partial charge in [0.2, 0.25) is 11.8 Å². The minimum Gasteiger partial charge on any atom is -0.508 e. The van der Waals surface area contributed by atoms with Crippen LogP contribution in [0.2, 0.25) is 10.0 Å². The number of hydrogen-bond acceptors (Lipinski definition) is 8. The number of imide groups is 2. The maximum absolute atomic E-state index is 15.2. The number of hydrogen-bond donors (Lipinski definition) is 3. The van der Waals surface area contributed by atoms with E-state index in [0.717, 1.165) is 0 Å². The fraction of sp³-hybridized carbons (Fsp3) is 0.368. The Balaban J connectivity index is 1.35. The number of alkyl halides is 3. The lowest BCUT2D eigenvalue weighted by Crippen LogP contribution is -2.53. The number of benzene rings is 2. The van der Waals surface area contributed by atoms with Gasteiger partial charge in [-0.05, 0) is 73.6 Å². The third kappa shape index (κ3) is 6.57. The number of carboxylic acids is 1. The van der Waals surface area contributed by atoms with Gasteiger partial charge in [0.1, 0.15) is 5.75 Å². The third-order valence-electron chi connectivity index (χ3n) is 11.2. The van der Waals surface area contributed by atoms with Crippen LogP contribution in [0.25, 0.3) is 0 Å². The molecular weight excluding hydrogens is 832 g/mol. The topological polar surface area (TPSA) is 157 Å². The molecule has 2 aromatic carbocycles. The summed E-state index contributed by atoms with van der Waals surface area (Å²) in [6.45, 7) is 0.0936. The normalized spacial score (nSPS) is 26.1. The zero-order chi connectivity index (χ0) is 39.6. The predicted octanol–water partition coefficient (Wildman–Crippen LogP) is 7.51. The fourth-order valence-electron chi connectivity index (χ4n) is 8.89. The molecule has 3 fully saturated rings. The number of allylic oxidation sites excluding steroid dienone is 2. The van der Waals surface area contributed by atoms with Crippen molar-refractivity contribution in [2.75, 3.05) is 12.0 Å². The van der Waals surface area contributed by atoms with Gasteiger partial charge in [0.25, 0.3) is 11.8 Å². The third-order valence-corrected chi connectivity index (χ3v) is 12.3. The fourth-order valence-corrected chi connectivity index (χ4v) is 9.61. The van der Waals surface area contributed by atoms with Crippen molar-refractivity contribution in [3.05, 3.63) is 97.6 Å². The monoisotopic (exact) mass is 862 g/mol. The zero-order valence-electron chi connectivity index (χ0n) is 28.7. The van der Waals surface area contributed by atoms with E-state index in [4.69, 9.17) is 28.3 Å². The highest BCUT2D eigenvalue weighted by Gasteiger charge is 2.70. The highest BCUT2D eigenvalue weighted by molar-refractivity contribution is 9.10. The first-order valence-corrected chi connectivity index (χ1v) is 19.0. The number of aromatic nitrogens is 1. The number of phenols is 1. The summed E-state index contributed by atoms with van der Waals surface area (Å²) >= 11 is 16.0. The van der Waals surface area contributed by atoms with Gasteiger partial charge in [-0.1, -0.05) is 69.3 Å². The van der Waals surface area contributed by atoms with Crippen molar-refractivity contribution in [2.24, 2.45) is 23.7 Å². The van der Waals surface area contributed by atoms with E-state index in [1.807, 2.05) is 6.08 Å². The Morgan fingerprint density at radius 1 is 0.982 bits per heavy atom. The minimum absolute atomic E-state index is 0.0388. The van der Waals surface area contributed by atoms with Crippen LogP contribution in [0.3, 0.4) is 0 Å². The Morgan fingerprint density at radius 3 is 2.38 bits per heavy atom. The predicted molar refractivity (Wildman–Crippen MR) is 196 cm³/mol. The van der Waals surface area contributed by atoms with Crippen LogP contribution < -0.4 is 5.43 Å². The quantitative estimate of drug-likeness (QED) is 0.107. The first-order valence-electron chi connectivity index (χ1n) is 17.4. The van der Waals surface area contributed by atoms with Gasteiger partial charge >= 0.3 is 12.1 Å². The molecule has 2 aliphatic carbocycles. The van der Waals surface area contributed by atoms with E-state index >= 15 is 4.79 Å². The summed E-state index contributed by atoms with van der Waals surface area (Å²) in [6, 6.07) is 11.6. The van der Waals surface area contributed by atoms with Crippen LogP contribution in [0.1, 0.15) is 61.1 Å². The largest absolute Gasteiger partial charge is 0.508 e. The Morgan fingerprint density at radius 2 is 1.71 bits per heavy atom. The number of phenolic OH excluding ortho intramolecular Hbond substituents is 1. The molecule has 2 saturated heterocycles. The number of amides is 4. The number of fused-ring (bicyclic) bond motifs is 4. The molecule has 288 valence electrons. The summed E-state index contributed by atoms with van der Waals surface area (Å²) < 4.78 is 40.9. The summed E-state index contributed by atoms with van der Waals surface area (Å²) in [7, 11) is 0. The van der Waals surface area contributed by atoms with Crippen LogP contribution in [0.5, 0.6) is 5.75 Å². The molecule has 3 N–H and O–H groups in total. The van der Waals surface area contributed by atoms with Crippen molar-refractivity contribution in [1.29, 1.82) is 0 Å². The number of anilines is 1. The van der Waals surface area contributed by atoms with Crippen molar-refractivity contribution in [1.82, 2.24) is 14.9 Å². The zero-order valence-corrected chi connectivity index (χ0v) is 31.8. The summed E-state index contributed by atoms with van der Waals surface area (Å²) in [5, 5.41) is 21.0.